The van der Waals surface area contributed by atoms with Gasteiger partial charge in [0.15, 0.2) is 0 Å². The number of hydrogen-bond donors (Lipinski definition) is 1. The van der Waals surface area contributed by atoms with Gasteiger partial charge in [-0.05, 0) is 38.8 Å². The molecule has 3 heteroatoms. The lowest BCUT2D eigenvalue weighted by Gasteiger charge is -2.30. The van der Waals surface area contributed by atoms with Gasteiger partial charge in [0, 0.05) is 25.2 Å². The molecule has 0 spiro atoms. The van der Waals surface area contributed by atoms with Gasteiger partial charge in [0.2, 0.25) is 0 Å². The van der Waals surface area contributed by atoms with Crippen LogP contribution in [0.3, 0.4) is 0 Å². The Morgan fingerprint density at radius 3 is 2.56 bits per heavy atom. The third kappa shape index (κ3) is 3.35. The van der Waals surface area contributed by atoms with Crippen LogP contribution in [0.5, 0.6) is 0 Å². The van der Waals surface area contributed by atoms with Crippen LogP contribution in [-0.2, 0) is 6.54 Å². The summed E-state index contributed by atoms with van der Waals surface area (Å²) in [6.45, 7) is 7.80. The monoisotopic (exact) mass is 222 g/mol. The van der Waals surface area contributed by atoms with Crippen LogP contribution in [0.2, 0.25) is 0 Å². The minimum absolute atomic E-state index is 0.620. The highest BCUT2D eigenvalue weighted by Gasteiger charge is 2.16. The zero-order chi connectivity index (χ0) is 11.4. The maximum atomic E-state index is 5.40. The molecular formula is C13H22N2O. The Balaban J connectivity index is 1.88. The molecule has 2 rings (SSSR count). The normalized spacial score (nSPS) is 28.6. The Hall–Kier alpha value is -0.800. The summed E-state index contributed by atoms with van der Waals surface area (Å²) >= 11 is 0. The first-order valence-corrected chi connectivity index (χ1v) is 6.25. The number of rotatable bonds is 2. The highest BCUT2D eigenvalue weighted by atomic mass is 16.3. The average Bonchev–Trinajstić information content (AvgIpc) is 2.73. The molecule has 0 amide bonds. The summed E-state index contributed by atoms with van der Waals surface area (Å²) in [4.78, 5) is 2.49. The van der Waals surface area contributed by atoms with Crippen molar-refractivity contribution in [3.63, 3.8) is 0 Å². The molecule has 2 atom stereocenters. The van der Waals surface area contributed by atoms with Crippen molar-refractivity contribution in [1.82, 2.24) is 10.2 Å². The summed E-state index contributed by atoms with van der Waals surface area (Å²) in [5.74, 6) is 1.08. The second kappa shape index (κ2) is 5.51. The first-order valence-electron chi connectivity index (χ1n) is 6.25. The van der Waals surface area contributed by atoms with Crippen LogP contribution in [0.25, 0.3) is 0 Å². The molecule has 1 aliphatic heterocycles. The van der Waals surface area contributed by atoms with Crippen LogP contribution < -0.4 is 5.32 Å². The maximum absolute atomic E-state index is 5.40. The molecular weight excluding hydrogens is 200 g/mol. The van der Waals surface area contributed by atoms with Gasteiger partial charge in [-0.2, -0.15) is 0 Å². The molecule has 2 heterocycles. The van der Waals surface area contributed by atoms with Crippen LogP contribution >= 0.6 is 0 Å². The molecule has 1 aliphatic rings. The average molecular weight is 222 g/mol. The molecule has 90 valence electrons. The summed E-state index contributed by atoms with van der Waals surface area (Å²) in [5, 5.41) is 3.61. The van der Waals surface area contributed by atoms with Gasteiger partial charge in [-0.1, -0.05) is 0 Å². The standard InChI is InChI=1S/C13H22N2O/c1-11-5-7-15(8-6-12(2)14-11)10-13-4-3-9-16-13/h3-4,9,11-12,14H,5-8,10H2,1-2H3. The first kappa shape index (κ1) is 11.7. The molecule has 0 aromatic carbocycles. The van der Waals surface area contributed by atoms with E-state index in [-0.39, 0.29) is 0 Å². The van der Waals surface area contributed by atoms with E-state index < -0.39 is 0 Å². The van der Waals surface area contributed by atoms with E-state index in [0.29, 0.717) is 12.1 Å². The van der Waals surface area contributed by atoms with E-state index in [4.69, 9.17) is 4.42 Å². The quantitative estimate of drug-likeness (QED) is 0.832. The molecule has 2 unspecified atom stereocenters. The molecule has 16 heavy (non-hydrogen) atoms. The predicted octanol–water partition coefficient (Wildman–Crippen LogP) is 2.24. The van der Waals surface area contributed by atoms with Crippen LogP contribution in [0.4, 0.5) is 0 Å². The second-order valence-corrected chi connectivity index (χ2v) is 4.90. The maximum Gasteiger partial charge on any atom is 0.117 e. The van der Waals surface area contributed by atoms with Gasteiger partial charge in [-0.15, -0.1) is 0 Å². The Morgan fingerprint density at radius 2 is 2.00 bits per heavy atom. The summed E-state index contributed by atoms with van der Waals surface area (Å²) in [6.07, 6.45) is 4.18. The molecule has 1 N–H and O–H groups in total. The Bertz CT molecular complexity index is 285. The van der Waals surface area contributed by atoms with E-state index in [1.807, 2.05) is 6.07 Å². The van der Waals surface area contributed by atoms with E-state index in [2.05, 4.69) is 30.1 Å². The van der Waals surface area contributed by atoms with Crippen LogP contribution in [0.1, 0.15) is 32.4 Å². The molecule has 1 saturated heterocycles. The third-order valence-electron chi connectivity index (χ3n) is 3.29. The molecule has 1 fully saturated rings. The molecule has 1 aromatic heterocycles. The Labute approximate surface area is 97.8 Å². The molecule has 1 aromatic rings. The van der Waals surface area contributed by atoms with Crippen molar-refractivity contribution in [2.45, 2.75) is 45.3 Å². The van der Waals surface area contributed by atoms with Crippen molar-refractivity contribution >= 4 is 0 Å². The van der Waals surface area contributed by atoms with Gasteiger partial charge >= 0.3 is 0 Å². The predicted molar refractivity (Wildman–Crippen MR) is 65.3 cm³/mol. The van der Waals surface area contributed by atoms with Gasteiger partial charge in [0.25, 0.3) is 0 Å². The van der Waals surface area contributed by atoms with E-state index in [1.54, 1.807) is 6.26 Å². The number of hydrogen-bond acceptors (Lipinski definition) is 3. The zero-order valence-corrected chi connectivity index (χ0v) is 10.3. The van der Waals surface area contributed by atoms with Crippen molar-refractivity contribution < 1.29 is 4.42 Å². The summed E-state index contributed by atoms with van der Waals surface area (Å²) < 4.78 is 5.40. The highest BCUT2D eigenvalue weighted by Crippen LogP contribution is 2.11. The highest BCUT2D eigenvalue weighted by molar-refractivity contribution is 4.98. The zero-order valence-electron chi connectivity index (χ0n) is 10.3. The van der Waals surface area contributed by atoms with E-state index in [1.165, 1.54) is 12.8 Å². The number of nitrogens with zero attached hydrogens (tertiary/aromatic N) is 1. The van der Waals surface area contributed by atoms with Crippen molar-refractivity contribution in [2.75, 3.05) is 13.1 Å². The largest absolute Gasteiger partial charge is 0.468 e. The van der Waals surface area contributed by atoms with E-state index in [9.17, 15) is 0 Å². The van der Waals surface area contributed by atoms with E-state index >= 15 is 0 Å². The minimum Gasteiger partial charge on any atom is -0.468 e. The van der Waals surface area contributed by atoms with Gasteiger partial charge < -0.3 is 9.73 Å². The SMILES string of the molecule is CC1CCN(Cc2ccco2)CCC(C)N1. The summed E-state index contributed by atoms with van der Waals surface area (Å²) in [5.41, 5.74) is 0. The Kier molecular flexibility index (Phi) is 4.02. The number of furan rings is 1. The fourth-order valence-electron chi connectivity index (χ4n) is 2.30. The lowest BCUT2D eigenvalue weighted by molar-refractivity contribution is 0.199. The lowest BCUT2D eigenvalue weighted by atomic mass is 10.1. The van der Waals surface area contributed by atoms with Crippen LogP contribution in [-0.4, -0.2) is 30.1 Å². The fourth-order valence-corrected chi connectivity index (χ4v) is 2.30. The molecule has 0 radical (unpaired) electrons. The first-order chi connectivity index (χ1) is 7.74. The van der Waals surface area contributed by atoms with Crippen molar-refractivity contribution in [1.29, 1.82) is 0 Å². The Morgan fingerprint density at radius 1 is 1.31 bits per heavy atom. The lowest BCUT2D eigenvalue weighted by Crippen LogP contribution is -2.42. The summed E-state index contributed by atoms with van der Waals surface area (Å²) in [7, 11) is 0. The van der Waals surface area contributed by atoms with Gasteiger partial charge in [0.05, 0.1) is 12.8 Å². The van der Waals surface area contributed by atoms with Crippen molar-refractivity contribution in [2.24, 2.45) is 0 Å². The van der Waals surface area contributed by atoms with Crippen molar-refractivity contribution in [3.8, 4) is 0 Å². The van der Waals surface area contributed by atoms with Gasteiger partial charge in [0.1, 0.15) is 5.76 Å². The van der Waals surface area contributed by atoms with E-state index in [0.717, 1.165) is 25.4 Å². The second-order valence-electron chi connectivity index (χ2n) is 4.90. The van der Waals surface area contributed by atoms with Crippen LogP contribution in [0, 0.1) is 0 Å². The smallest absolute Gasteiger partial charge is 0.117 e. The van der Waals surface area contributed by atoms with Crippen molar-refractivity contribution in [3.05, 3.63) is 24.2 Å². The number of nitrogens with one attached hydrogen (secondary N) is 1. The minimum atomic E-state index is 0.620. The van der Waals surface area contributed by atoms with Gasteiger partial charge in [-0.3, -0.25) is 4.90 Å². The molecule has 3 nitrogen and oxygen atoms in total. The molecule has 0 saturated carbocycles. The summed E-state index contributed by atoms with van der Waals surface area (Å²) in [6, 6.07) is 5.26. The van der Waals surface area contributed by atoms with Crippen LogP contribution in [0.15, 0.2) is 22.8 Å². The molecule has 0 bridgehead atoms. The van der Waals surface area contributed by atoms with Gasteiger partial charge in [-0.25, -0.2) is 0 Å². The third-order valence-corrected chi connectivity index (χ3v) is 3.29. The fraction of sp³-hybridized carbons (Fsp3) is 0.692. The molecule has 0 aliphatic carbocycles. The topological polar surface area (TPSA) is 28.4 Å².